The summed E-state index contributed by atoms with van der Waals surface area (Å²) in [4.78, 5) is 16.3. The van der Waals surface area contributed by atoms with Crippen molar-refractivity contribution in [2.45, 2.75) is 19.3 Å². The average Bonchev–Trinajstić information content (AvgIpc) is 3.14. The molecule has 8 nitrogen and oxygen atoms in total. The van der Waals surface area contributed by atoms with Gasteiger partial charge in [0.15, 0.2) is 0 Å². The first kappa shape index (κ1) is 19.0. The zero-order chi connectivity index (χ0) is 17.9. The molecule has 0 bridgehead atoms. The van der Waals surface area contributed by atoms with Crippen LogP contribution in [0, 0.1) is 5.92 Å². The fourth-order valence-corrected chi connectivity index (χ4v) is 5.37. The maximum absolute atomic E-state index is 12.7. The van der Waals surface area contributed by atoms with Crippen LogP contribution < -0.4 is 5.32 Å². The molecule has 3 saturated heterocycles. The molecular weight excluding hydrogens is 342 g/mol. The number of piperazine rings is 2. The lowest BCUT2D eigenvalue weighted by Crippen LogP contribution is -2.57. The Labute approximate surface area is 151 Å². The molecule has 0 aliphatic carbocycles. The van der Waals surface area contributed by atoms with Crippen molar-refractivity contribution in [1.82, 2.24) is 23.7 Å². The van der Waals surface area contributed by atoms with Crippen molar-refractivity contribution in [3.63, 3.8) is 0 Å². The molecular formula is C16H31N5O3S. The number of likely N-dealkylation sites (N-methyl/N-ethyl adjacent to an activating group) is 1. The van der Waals surface area contributed by atoms with Crippen LogP contribution in [0.15, 0.2) is 0 Å². The van der Waals surface area contributed by atoms with Crippen molar-refractivity contribution in [3.05, 3.63) is 0 Å². The number of nitrogens with one attached hydrogen (secondary N) is 1. The van der Waals surface area contributed by atoms with E-state index >= 15 is 0 Å². The Hall–Kier alpha value is -0.740. The molecule has 1 N–H and O–H groups in total. The number of hydrogen-bond donors (Lipinski definition) is 1. The predicted octanol–water partition coefficient (Wildman–Crippen LogP) is -0.987. The van der Waals surface area contributed by atoms with E-state index in [0.717, 1.165) is 39.0 Å². The van der Waals surface area contributed by atoms with Gasteiger partial charge in [-0.25, -0.2) is 0 Å². The highest BCUT2D eigenvalue weighted by atomic mass is 32.2. The van der Waals surface area contributed by atoms with E-state index in [9.17, 15) is 13.2 Å². The molecule has 1 amide bonds. The van der Waals surface area contributed by atoms with E-state index in [1.807, 2.05) is 11.9 Å². The summed E-state index contributed by atoms with van der Waals surface area (Å²) in [5, 5.41) is 3.33. The summed E-state index contributed by atoms with van der Waals surface area (Å²) in [5.41, 5.74) is 0. The lowest BCUT2D eigenvalue weighted by Gasteiger charge is -2.39. The third kappa shape index (κ3) is 4.71. The van der Waals surface area contributed by atoms with Crippen molar-refractivity contribution < 1.29 is 13.2 Å². The molecule has 0 radical (unpaired) electrons. The third-order valence-electron chi connectivity index (χ3n) is 5.63. The molecule has 3 aliphatic heterocycles. The Bertz CT molecular complexity index is 548. The van der Waals surface area contributed by atoms with Gasteiger partial charge in [-0.2, -0.15) is 17.0 Å². The van der Waals surface area contributed by atoms with E-state index < -0.39 is 10.2 Å². The number of nitrogens with zero attached hydrogens (tertiary/aromatic N) is 4. The molecule has 9 heteroatoms. The number of amides is 1. The van der Waals surface area contributed by atoms with Crippen molar-refractivity contribution in [2.75, 3.05) is 72.5 Å². The normalized spacial score (nSPS) is 27.7. The van der Waals surface area contributed by atoms with Crippen molar-refractivity contribution in [2.24, 2.45) is 5.92 Å². The highest BCUT2D eigenvalue weighted by molar-refractivity contribution is 7.86. The zero-order valence-electron chi connectivity index (χ0n) is 15.2. The van der Waals surface area contributed by atoms with Gasteiger partial charge in [0.1, 0.15) is 0 Å². The van der Waals surface area contributed by atoms with Crippen LogP contribution in [0.3, 0.4) is 0 Å². The molecule has 25 heavy (non-hydrogen) atoms. The largest absolute Gasteiger partial charge is 0.340 e. The van der Waals surface area contributed by atoms with E-state index in [-0.39, 0.29) is 5.91 Å². The first-order valence-electron chi connectivity index (χ1n) is 9.39. The van der Waals surface area contributed by atoms with Crippen LogP contribution in [0.25, 0.3) is 0 Å². The maximum atomic E-state index is 12.7. The van der Waals surface area contributed by atoms with E-state index in [2.05, 4.69) is 10.2 Å². The fraction of sp³-hybridized carbons (Fsp3) is 0.938. The molecule has 0 aromatic carbocycles. The van der Waals surface area contributed by atoms with Gasteiger partial charge in [0.2, 0.25) is 5.91 Å². The summed E-state index contributed by atoms with van der Waals surface area (Å²) < 4.78 is 28.6. The van der Waals surface area contributed by atoms with E-state index in [0.29, 0.717) is 51.6 Å². The van der Waals surface area contributed by atoms with Gasteiger partial charge in [0.05, 0.1) is 0 Å². The second kappa shape index (κ2) is 8.30. The second-order valence-corrected chi connectivity index (χ2v) is 9.32. The first-order valence-corrected chi connectivity index (χ1v) is 10.8. The van der Waals surface area contributed by atoms with Crippen molar-refractivity contribution in [1.29, 1.82) is 0 Å². The van der Waals surface area contributed by atoms with Gasteiger partial charge in [0, 0.05) is 58.8 Å². The Balaban J connectivity index is 1.45. The smallest absolute Gasteiger partial charge is 0.282 e. The standard InChI is InChI=1S/C16H31N5O3S/c1-18-6-10-20(11-7-18)25(23,24)21-12-8-19(9-13-21)16(22)3-2-15-4-5-17-14-15/h15,17H,2-14H2,1H3. The number of rotatable bonds is 5. The molecule has 3 rings (SSSR count). The number of carbonyl (C=O) groups is 1. The summed E-state index contributed by atoms with van der Waals surface area (Å²) in [5.74, 6) is 0.784. The van der Waals surface area contributed by atoms with Gasteiger partial charge < -0.3 is 15.1 Å². The quantitative estimate of drug-likeness (QED) is 0.670. The van der Waals surface area contributed by atoms with Gasteiger partial charge in [-0.3, -0.25) is 4.79 Å². The lowest BCUT2D eigenvalue weighted by molar-refractivity contribution is -0.132. The molecule has 3 aliphatic rings. The van der Waals surface area contributed by atoms with Gasteiger partial charge in [-0.1, -0.05) is 0 Å². The highest BCUT2D eigenvalue weighted by Gasteiger charge is 2.34. The summed E-state index contributed by atoms with van der Waals surface area (Å²) in [6.45, 7) is 6.55. The summed E-state index contributed by atoms with van der Waals surface area (Å²) in [7, 11) is -1.38. The Morgan fingerprint density at radius 3 is 2.16 bits per heavy atom. The second-order valence-electron chi connectivity index (χ2n) is 7.39. The van der Waals surface area contributed by atoms with Gasteiger partial charge in [-0.05, 0) is 38.9 Å². The molecule has 1 unspecified atom stereocenters. The van der Waals surface area contributed by atoms with Gasteiger partial charge in [0.25, 0.3) is 10.2 Å². The average molecular weight is 374 g/mol. The summed E-state index contributed by atoms with van der Waals surface area (Å²) in [6, 6.07) is 0. The van der Waals surface area contributed by atoms with E-state index in [1.165, 1.54) is 0 Å². The highest BCUT2D eigenvalue weighted by Crippen LogP contribution is 2.18. The summed E-state index contributed by atoms with van der Waals surface area (Å²) >= 11 is 0. The minimum atomic E-state index is -3.39. The van der Waals surface area contributed by atoms with Gasteiger partial charge >= 0.3 is 0 Å². The molecule has 0 aromatic heterocycles. The zero-order valence-corrected chi connectivity index (χ0v) is 16.0. The lowest BCUT2D eigenvalue weighted by atomic mass is 10.0. The maximum Gasteiger partial charge on any atom is 0.282 e. The molecule has 0 spiro atoms. The monoisotopic (exact) mass is 373 g/mol. The topological polar surface area (TPSA) is 76.2 Å². The molecule has 0 saturated carbocycles. The molecule has 1 atom stereocenters. The van der Waals surface area contributed by atoms with Crippen LogP contribution in [-0.4, -0.2) is 105 Å². The van der Waals surface area contributed by atoms with E-state index in [4.69, 9.17) is 0 Å². The number of hydrogen-bond acceptors (Lipinski definition) is 5. The Morgan fingerprint density at radius 1 is 1.00 bits per heavy atom. The summed E-state index contributed by atoms with van der Waals surface area (Å²) in [6.07, 6.45) is 2.67. The van der Waals surface area contributed by atoms with Crippen LogP contribution in [0.4, 0.5) is 0 Å². The Kier molecular flexibility index (Phi) is 6.32. The minimum Gasteiger partial charge on any atom is -0.340 e. The van der Waals surface area contributed by atoms with Crippen LogP contribution in [0.2, 0.25) is 0 Å². The fourth-order valence-electron chi connectivity index (χ4n) is 3.80. The molecule has 0 aromatic rings. The SMILES string of the molecule is CN1CCN(S(=O)(=O)N2CCN(C(=O)CCC3CCNC3)CC2)CC1. The Morgan fingerprint density at radius 2 is 1.60 bits per heavy atom. The molecule has 144 valence electrons. The van der Waals surface area contributed by atoms with Crippen molar-refractivity contribution >= 4 is 16.1 Å². The molecule has 3 heterocycles. The van der Waals surface area contributed by atoms with Crippen LogP contribution >= 0.6 is 0 Å². The minimum absolute atomic E-state index is 0.170. The number of carbonyl (C=O) groups excluding carboxylic acids is 1. The van der Waals surface area contributed by atoms with Gasteiger partial charge in [-0.15, -0.1) is 0 Å². The third-order valence-corrected chi connectivity index (χ3v) is 7.67. The predicted molar refractivity (Wildman–Crippen MR) is 96.4 cm³/mol. The first-order chi connectivity index (χ1) is 12.0. The van der Waals surface area contributed by atoms with Crippen LogP contribution in [-0.2, 0) is 15.0 Å². The van der Waals surface area contributed by atoms with Crippen molar-refractivity contribution in [3.8, 4) is 0 Å². The van der Waals surface area contributed by atoms with Crippen LogP contribution in [0.5, 0.6) is 0 Å². The van der Waals surface area contributed by atoms with E-state index in [1.54, 1.807) is 8.61 Å². The molecule has 3 fully saturated rings. The van der Waals surface area contributed by atoms with Crippen LogP contribution in [0.1, 0.15) is 19.3 Å².